The summed E-state index contributed by atoms with van der Waals surface area (Å²) in [6.45, 7) is -0.237. The first kappa shape index (κ1) is 16.4. The normalized spacial score (nSPS) is 16.3. The van der Waals surface area contributed by atoms with Crippen molar-refractivity contribution in [3.05, 3.63) is 23.8 Å². The lowest BCUT2D eigenvalue weighted by Crippen LogP contribution is -2.38. The molecule has 0 bridgehead atoms. The summed E-state index contributed by atoms with van der Waals surface area (Å²) in [6, 6.07) is 3.99. The van der Waals surface area contributed by atoms with Gasteiger partial charge in [0.15, 0.2) is 6.61 Å². The van der Waals surface area contributed by atoms with Gasteiger partial charge in [0.25, 0.3) is 5.91 Å². The molecule has 1 amide bonds. The highest BCUT2D eigenvalue weighted by Gasteiger charge is 2.28. The van der Waals surface area contributed by atoms with Crippen LogP contribution in [0, 0.1) is 0 Å². The number of rotatable bonds is 4. The fourth-order valence-electron chi connectivity index (χ4n) is 2.09. The second-order valence-corrected chi connectivity index (χ2v) is 5.02. The highest BCUT2D eigenvalue weighted by molar-refractivity contribution is 5.95. The topological polar surface area (TPSA) is 73.6 Å². The Bertz CT molecular complexity index is 529. The second-order valence-electron chi connectivity index (χ2n) is 5.02. The highest BCUT2D eigenvalue weighted by Crippen LogP contribution is 2.25. The largest absolute Gasteiger partial charge is 0.482 e. The molecule has 1 heterocycles. The molecule has 2 rings (SSSR count). The third-order valence-electron chi connectivity index (χ3n) is 3.22. The van der Waals surface area contributed by atoms with Crippen LogP contribution in [0.5, 0.6) is 5.75 Å². The number of nitrogens with one attached hydrogen (secondary N) is 1. The first-order valence-corrected chi connectivity index (χ1v) is 6.83. The summed E-state index contributed by atoms with van der Waals surface area (Å²) in [7, 11) is 0. The van der Waals surface area contributed by atoms with Crippen molar-refractivity contribution in [2.45, 2.75) is 25.1 Å². The Labute approximate surface area is 125 Å². The minimum Gasteiger partial charge on any atom is -0.482 e. The minimum atomic E-state index is -4.44. The van der Waals surface area contributed by atoms with Crippen LogP contribution in [0.1, 0.15) is 23.2 Å². The van der Waals surface area contributed by atoms with Gasteiger partial charge in [0.2, 0.25) is 0 Å². The van der Waals surface area contributed by atoms with Gasteiger partial charge in [-0.25, -0.2) is 0 Å². The second kappa shape index (κ2) is 6.87. The van der Waals surface area contributed by atoms with Gasteiger partial charge in [-0.15, -0.1) is 0 Å². The number of nitrogen functional groups attached to an aromatic ring is 1. The fourth-order valence-corrected chi connectivity index (χ4v) is 2.09. The van der Waals surface area contributed by atoms with E-state index in [1.54, 1.807) is 0 Å². The number of hydrogen-bond acceptors (Lipinski definition) is 4. The summed E-state index contributed by atoms with van der Waals surface area (Å²) in [5.41, 5.74) is 5.90. The van der Waals surface area contributed by atoms with E-state index >= 15 is 0 Å². The van der Waals surface area contributed by atoms with E-state index in [-0.39, 0.29) is 28.9 Å². The molecule has 1 aromatic rings. The summed E-state index contributed by atoms with van der Waals surface area (Å²) in [4.78, 5) is 12.1. The van der Waals surface area contributed by atoms with Crippen LogP contribution in [0.3, 0.4) is 0 Å². The van der Waals surface area contributed by atoms with E-state index in [9.17, 15) is 18.0 Å². The van der Waals surface area contributed by atoms with Gasteiger partial charge in [0.1, 0.15) is 5.75 Å². The summed E-state index contributed by atoms with van der Waals surface area (Å²) in [5, 5.41) is 2.84. The molecular weight excluding hydrogens is 301 g/mol. The van der Waals surface area contributed by atoms with Gasteiger partial charge in [-0.05, 0) is 31.0 Å². The van der Waals surface area contributed by atoms with E-state index in [0.29, 0.717) is 13.2 Å². The standard InChI is InChI=1S/C14H17F3N2O3/c15-14(16,17)8-22-12-2-1-9(7-11(12)18)13(20)19-10-3-5-21-6-4-10/h1-2,7,10H,3-6,8,18H2,(H,19,20). The van der Waals surface area contributed by atoms with Crippen molar-refractivity contribution in [1.29, 1.82) is 0 Å². The summed E-state index contributed by atoms with van der Waals surface area (Å²) in [6.07, 6.45) is -2.98. The van der Waals surface area contributed by atoms with Gasteiger partial charge < -0.3 is 20.5 Å². The molecule has 0 radical (unpaired) electrons. The number of amides is 1. The molecule has 0 saturated carbocycles. The van der Waals surface area contributed by atoms with E-state index in [0.717, 1.165) is 12.8 Å². The zero-order chi connectivity index (χ0) is 16.2. The van der Waals surface area contributed by atoms with Crippen molar-refractivity contribution in [3.63, 3.8) is 0 Å². The molecule has 5 nitrogen and oxygen atoms in total. The van der Waals surface area contributed by atoms with Gasteiger partial charge in [0.05, 0.1) is 5.69 Å². The smallest absolute Gasteiger partial charge is 0.422 e. The molecule has 8 heteroatoms. The van der Waals surface area contributed by atoms with Crippen LogP contribution in [0.15, 0.2) is 18.2 Å². The summed E-state index contributed by atoms with van der Waals surface area (Å²) in [5.74, 6) is -0.416. The van der Waals surface area contributed by atoms with Crippen molar-refractivity contribution in [2.75, 3.05) is 25.6 Å². The molecule has 0 aromatic heterocycles. The van der Waals surface area contributed by atoms with Gasteiger partial charge in [0, 0.05) is 24.8 Å². The molecule has 1 aromatic carbocycles. The molecule has 1 saturated heterocycles. The zero-order valence-corrected chi connectivity index (χ0v) is 11.8. The fraction of sp³-hybridized carbons (Fsp3) is 0.500. The van der Waals surface area contributed by atoms with Crippen LogP contribution in [0.25, 0.3) is 0 Å². The van der Waals surface area contributed by atoms with Gasteiger partial charge in [-0.2, -0.15) is 13.2 Å². The van der Waals surface area contributed by atoms with Gasteiger partial charge >= 0.3 is 6.18 Å². The molecule has 1 fully saturated rings. The zero-order valence-electron chi connectivity index (χ0n) is 11.8. The number of alkyl halides is 3. The van der Waals surface area contributed by atoms with Crippen molar-refractivity contribution in [1.82, 2.24) is 5.32 Å². The lowest BCUT2D eigenvalue weighted by Gasteiger charge is -2.23. The molecular formula is C14H17F3N2O3. The van der Waals surface area contributed by atoms with Crippen LogP contribution < -0.4 is 15.8 Å². The maximum absolute atomic E-state index is 12.1. The average Bonchev–Trinajstić information content (AvgIpc) is 2.46. The minimum absolute atomic E-state index is 0.0103. The lowest BCUT2D eigenvalue weighted by atomic mass is 10.1. The third-order valence-corrected chi connectivity index (χ3v) is 3.22. The monoisotopic (exact) mass is 318 g/mol. The molecule has 0 aliphatic carbocycles. The van der Waals surface area contributed by atoms with E-state index < -0.39 is 12.8 Å². The number of carbonyl (C=O) groups excluding carboxylic acids is 1. The van der Waals surface area contributed by atoms with Gasteiger partial charge in [-0.1, -0.05) is 0 Å². The highest BCUT2D eigenvalue weighted by atomic mass is 19.4. The third kappa shape index (κ3) is 4.80. The summed E-state index contributed by atoms with van der Waals surface area (Å²) >= 11 is 0. The number of nitrogens with two attached hydrogens (primary N) is 1. The Kier molecular flexibility index (Phi) is 5.12. The van der Waals surface area contributed by atoms with Crippen LogP contribution in [-0.2, 0) is 4.74 Å². The predicted octanol–water partition coefficient (Wildman–Crippen LogP) is 2.12. The van der Waals surface area contributed by atoms with E-state index in [1.165, 1.54) is 18.2 Å². The van der Waals surface area contributed by atoms with Crippen molar-refractivity contribution in [3.8, 4) is 5.75 Å². The number of benzene rings is 1. The predicted molar refractivity (Wildman–Crippen MR) is 73.7 cm³/mol. The molecule has 1 aliphatic rings. The molecule has 22 heavy (non-hydrogen) atoms. The SMILES string of the molecule is Nc1cc(C(=O)NC2CCOCC2)ccc1OCC(F)(F)F. The maximum Gasteiger partial charge on any atom is 0.422 e. The number of hydrogen-bond donors (Lipinski definition) is 2. The Hall–Kier alpha value is -1.96. The quantitative estimate of drug-likeness (QED) is 0.834. The summed E-state index contributed by atoms with van der Waals surface area (Å²) < 4.78 is 46.1. The van der Waals surface area contributed by atoms with E-state index in [4.69, 9.17) is 10.5 Å². The van der Waals surface area contributed by atoms with E-state index in [2.05, 4.69) is 10.1 Å². The van der Waals surface area contributed by atoms with Crippen LogP contribution in [0.2, 0.25) is 0 Å². The lowest BCUT2D eigenvalue weighted by molar-refractivity contribution is -0.153. The Morgan fingerprint density at radius 1 is 1.36 bits per heavy atom. The first-order chi connectivity index (χ1) is 10.3. The number of halogens is 3. The van der Waals surface area contributed by atoms with Crippen molar-refractivity contribution >= 4 is 11.6 Å². The molecule has 122 valence electrons. The molecule has 0 unspecified atom stereocenters. The maximum atomic E-state index is 12.1. The Morgan fingerprint density at radius 2 is 2.05 bits per heavy atom. The molecule has 0 atom stereocenters. The molecule has 0 spiro atoms. The van der Waals surface area contributed by atoms with Gasteiger partial charge in [-0.3, -0.25) is 4.79 Å². The van der Waals surface area contributed by atoms with Crippen molar-refractivity contribution in [2.24, 2.45) is 0 Å². The number of carbonyl (C=O) groups is 1. The van der Waals surface area contributed by atoms with Crippen LogP contribution in [-0.4, -0.2) is 37.9 Å². The van der Waals surface area contributed by atoms with Crippen LogP contribution >= 0.6 is 0 Å². The van der Waals surface area contributed by atoms with Crippen molar-refractivity contribution < 1.29 is 27.4 Å². The number of anilines is 1. The first-order valence-electron chi connectivity index (χ1n) is 6.83. The molecule has 1 aliphatic heterocycles. The average molecular weight is 318 g/mol. The Morgan fingerprint density at radius 3 is 2.64 bits per heavy atom. The molecule has 3 N–H and O–H groups in total. The number of ether oxygens (including phenoxy) is 2. The van der Waals surface area contributed by atoms with E-state index in [1.807, 2.05) is 0 Å². The van der Waals surface area contributed by atoms with Crippen LogP contribution in [0.4, 0.5) is 18.9 Å². The Balaban J connectivity index is 1.97.